The molecule has 0 aliphatic carbocycles. The first-order valence-corrected chi connectivity index (χ1v) is 5.15. The predicted octanol–water partition coefficient (Wildman–Crippen LogP) is 1.38. The Labute approximate surface area is 88.7 Å². The van der Waals surface area contributed by atoms with Gasteiger partial charge in [0.2, 0.25) is 5.91 Å². The average molecular weight is 228 g/mol. The third-order valence-corrected chi connectivity index (χ3v) is 2.65. The summed E-state index contributed by atoms with van der Waals surface area (Å²) in [4.78, 5) is 11.2. The lowest BCUT2D eigenvalue weighted by molar-refractivity contribution is -0.126. The first kappa shape index (κ1) is 13.0. The Morgan fingerprint density at radius 3 is 2.38 bits per heavy atom. The summed E-state index contributed by atoms with van der Waals surface area (Å²) >= 11 is 11.3. The van der Waals surface area contributed by atoms with Crippen LogP contribution in [-0.4, -0.2) is 36.4 Å². The number of halogens is 2. The molecule has 0 aromatic rings. The molecule has 0 rings (SSSR count). The summed E-state index contributed by atoms with van der Waals surface area (Å²) in [5, 5.41) is 2.70. The van der Waals surface area contributed by atoms with Crippen molar-refractivity contribution in [2.45, 2.75) is 19.4 Å². The topological polar surface area (TPSA) is 38.3 Å². The molecule has 0 aliphatic heterocycles. The average Bonchev–Trinajstić information content (AvgIpc) is 2.14. The van der Waals surface area contributed by atoms with Gasteiger partial charge in [0.15, 0.2) is 0 Å². The van der Waals surface area contributed by atoms with Crippen LogP contribution in [0, 0.1) is 0 Å². The lowest BCUT2D eigenvalue weighted by atomic mass is 10.1. The molecule has 5 heteroatoms. The molecule has 0 aromatic heterocycles. The van der Waals surface area contributed by atoms with Crippen molar-refractivity contribution >= 4 is 29.1 Å². The molecule has 0 atom stereocenters. The van der Waals surface area contributed by atoms with Crippen molar-refractivity contribution in [3.05, 3.63) is 0 Å². The third-order valence-electron chi connectivity index (χ3n) is 1.47. The number of carbonyl (C=O) groups excluding carboxylic acids is 1. The Hall–Kier alpha value is 0.01000. The zero-order valence-electron chi connectivity index (χ0n) is 7.90. The first-order valence-electron chi connectivity index (χ1n) is 4.08. The Bertz CT molecular complexity index is 160. The molecule has 0 spiro atoms. The maximum Gasteiger partial charge on any atom is 0.246 e. The molecule has 0 aliphatic rings. The summed E-state index contributed by atoms with van der Waals surface area (Å²) in [6.07, 6.45) is 0. The van der Waals surface area contributed by atoms with E-state index in [2.05, 4.69) is 5.32 Å². The molecule has 0 aromatic carbocycles. The molecule has 0 heterocycles. The van der Waals surface area contributed by atoms with Gasteiger partial charge in [-0.05, 0) is 13.8 Å². The van der Waals surface area contributed by atoms with E-state index in [1.54, 1.807) is 6.92 Å². The van der Waals surface area contributed by atoms with E-state index >= 15 is 0 Å². The van der Waals surface area contributed by atoms with Crippen LogP contribution in [0.1, 0.15) is 13.8 Å². The molecule has 78 valence electrons. The van der Waals surface area contributed by atoms with Gasteiger partial charge in [0, 0.05) is 18.4 Å². The van der Waals surface area contributed by atoms with Crippen molar-refractivity contribution in [1.82, 2.24) is 5.32 Å². The number of ether oxygens (including phenoxy) is 1. The Morgan fingerprint density at radius 2 is 2.00 bits per heavy atom. The van der Waals surface area contributed by atoms with Gasteiger partial charge in [0.25, 0.3) is 0 Å². The van der Waals surface area contributed by atoms with E-state index in [0.717, 1.165) is 0 Å². The number of carbonyl (C=O) groups is 1. The highest BCUT2D eigenvalue weighted by molar-refractivity contribution is 6.22. The van der Waals surface area contributed by atoms with Crippen LogP contribution < -0.4 is 5.32 Å². The second-order valence-electron chi connectivity index (χ2n) is 3.01. The lowest BCUT2D eigenvalue weighted by Gasteiger charge is -2.25. The van der Waals surface area contributed by atoms with Gasteiger partial charge in [-0.15, -0.1) is 23.2 Å². The van der Waals surface area contributed by atoms with E-state index in [9.17, 15) is 4.79 Å². The molecule has 0 saturated heterocycles. The number of nitrogens with one attached hydrogen (secondary N) is 1. The van der Waals surface area contributed by atoms with Crippen LogP contribution >= 0.6 is 23.2 Å². The van der Waals surface area contributed by atoms with Crippen LogP contribution in [0.15, 0.2) is 0 Å². The first-order chi connectivity index (χ1) is 6.08. The van der Waals surface area contributed by atoms with E-state index in [1.165, 1.54) is 0 Å². The van der Waals surface area contributed by atoms with Crippen molar-refractivity contribution < 1.29 is 9.53 Å². The van der Waals surface area contributed by atoms with Crippen molar-refractivity contribution in [3.8, 4) is 0 Å². The summed E-state index contributed by atoms with van der Waals surface area (Å²) in [6.45, 7) is 4.19. The van der Waals surface area contributed by atoms with Gasteiger partial charge in [-0.1, -0.05) is 0 Å². The fraction of sp³-hybridized carbons (Fsp3) is 0.875. The largest absolute Gasteiger partial charge is 0.372 e. The molecule has 0 saturated carbocycles. The van der Waals surface area contributed by atoms with Gasteiger partial charge in [0.1, 0.15) is 6.61 Å². The highest BCUT2D eigenvalue weighted by atomic mass is 35.5. The SMILES string of the molecule is CCOCC(=O)NC(C)(CCl)CCl. The van der Waals surface area contributed by atoms with E-state index in [0.29, 0.717) is 6.61 Å². The van der Waals surface area contributed by atoms with Crippen LogP contribution in [0.5, 0.6) is 0 Å². The smallest absolute Gasteiger partial charge is 0.246 e. The van der Waals surface area contributed by atoms with Crippen molar-refractivity contribution in [1.29, 1.82) is 0 Å². The number of hydrogen-bond acceptors (Lipinski definition) is 2. The maximum atomic E-state index is 11.2. The molecule has 13 heavy (non-hydrogen) atoms. The van der Waals surface area contributed by atoms with Gasteiger partial charge in [-0.2, -0.15) is 0 Å². The molecule has 3 nitrogen and oxygen atoms in total. The second-order valence-corrected chi connectivity index (χ2v) is 3.55. The lowest BCUT2D eigenvalue weighted by Crippen LogP contribution is -2.50. The molecule has 0 radical (unpaired) electrons. The quantitative estimate of drug-likeness (QED) is 0.697. The fourth-order valence-corrected chi connectivity index (χ4v) is 1.09. The Morgan fingerprint density at radius 1 is 1.46 bits per heavy atom. The summed E-state index contributed by atoms with van der Waals surface area (Å²) in [7, 11) is 0. The van der Waals surface area contributed by atoms with E-state index in [1.807, 2.05) is 6.92 Å². The monoisotopic (exact) mass is 227 g/mol. The molecule has 1 N–H and O–H groups in total. The minimum absolute atomic E-state index is 0.0554. The van der Waals surface area contributed by atoms with Crippen LogP contribution in [-0.2, 0) is 9.53 Å². The number of rotatable bonds is 6. The highest BCUT2D eigenvalue weighted by Gasteiger charge is 2.23. The van der Waals surface area contributed by atoms with Crippen LogP contribution in [0.25, 0.3) is 0 Å². The minimum Gasteiger partial charge on any atom is -0.372 e. The molecule has 0 fully saturated rings. The third kappa shape index (κ3) is 5.34. The molecular formula is C8H15Cl2NO2. The fourth-order valence-electron chi connectivity index (χ4n) is 0.670. The number of hydrogen-bond donors (Lipinski definition) is 1. The number of alkyl halides is 2. The molecular weight excluding hydrogens is 213 g/mol. The summed E-state index contributed by atoms with van der Waals surface area (Å²) < 4.78 is 4.93. The van der Waals surface area contributed by atoms with Gasteiger partial charge in [-0.25, -0.2) is 0 Å². The van der Waals surface area contributed by atoms with E-state index in [-0.39, 0.29) is 24.3 Å². The summed E-state index contributed by atoms with van der Waals surface area (Å²) in [5.41, 5.74) is -0.544. The van der Waals surface area contributed by atoms with Crippen LogP contribution in [0.4, 0.5) is 0 Å². The van der Waals surface area contributed by atoms with E-state index < -0.39 is 5.54 Å². The van der Waals surface area contributed by atoms with Crippen molar-refractivity contribution in [2.75, 3.05) is 25.0 Å². The van der Waals surface area contributed by atoms with Crippen LogP contribution in [0.3, 0.4) is 0 Å². The van der Waals surface area contributed by atoms with Gasteiger partial charge < -0.3 is 10.1 Å². The van der Waals surface area contributed by atoms with Gasteiger partial charge >= 0.3 is 0 Å². The Kier molecular flexibility index (Phi) is 6.47. The van der Waals surface area contributed by atoms with Crippen molar-refractivity contribution in [2.24, 2.45) is 0 Å². The Balaban J connectivity index is 3.87. The van der Waals surface area contributed by atoms with Gasteiger partial charge in [0.05, 0.1) is 5.54 Å². The van der Waals surface area contributed by atoms with E-state index in [4.69, 9.17) is 27.9 Å². The minimum atomic E-state index is -0.544. The zero-order chi connectivity index (χ0) is 10.3. The molecule has 0 unspecified atom stereocenters. The van der Waals surface area contributed by atoms with Crippen LogP contribution in [0.2, 0.25) is 0 Å². The molecule has 1 amide bonds. The predicted molar refractivity (Wildman–Crippen MR) is 54.5 cm³/mol. The standard InChI is InChI=1S/C8H15Cl2NO2/c1-3-13-4-7(12)11-8(2,5-9)6-10/h3-6H2,1-2H3,(H,11,12). The highest BCUT2D eigenvalue weighted by Crippen LogP contribution is 2.08. The summed E-state index contributed by atoms with van der Waals surface area (Å²) in [6, 6.07) is 0. The zero-order valence-corrected chi connectivity index (χ0v) is 9.41. The molecule has 0 bridgehead atoms. The van der Waals surface area contributed by atoms with Gasteiger partial charge in [-0.3, -0.25) is 4.79 Å². The van der Waals surface area contributed by atoms with Crippen molar-refractivity contribution in [3.63, 3.8) is 0 Å². The summed E-state index contributed by atoms with van der Waals surface area (Å²) in [5.74, 6) is 0.383. The second kappa shape index (κ2) is 6.46. The maximum absolute atomic E-state index is 11.2. The number of amides is 1. The normalized spacial score (nSPS) is 11.4.